The van der Waals surface area contributed by atoms with Crippen molar-refractivity contribution in [1.82, 2.24) is 10.0 Å². The van der Waals surface area contributed by atoms with Gasteiger partial charge in [-0.1, -0.05) is 25.5 Å². The summed E-state index contributed by atoms with van der Waals surface area (Å²) in [7, 11) is -1.48. The summed E-state index contributed by atoms with van der Waals surface area (Å²) in [5.41, 5.74) is 0.755. The average molecular weight is 311 g/mol. The van der Waals surface area contributed by atoms with E-state index in [2.05, 4.69) is 10.0 Å². The summed E-state index contributed by atoms with van der Waals surface area (Å²) in [6, 6.07) is 7.61. The lowest BCUT2D eigenvalue weighted by atomic mass is 10.0. The Bertz CT molecular complexity index is 554. The summed E-state index contributed by atoms with van der Waals surface area (Å²) in [6.45, 7) is 4.05. The Morgan fingerprint density at radius 2 is 2.10 bits per heavy atom. The van der Waals surface area contributed by atoms with E-state index in [-0.39, 0.29) is 0 Å². The first-order chi connectivity index (χ1) is 10.0. The van der Waals surface area contributed by atoms with Crippen LogP contribution in [0, 0.1) is 0 Å². The SMILES string of the molecule is CCNS(=O)(=O)c1ccccc1N(C)CC1CCCCN1. The van der Waals surface area contributed by atoms with Gasteiger partial charge in [-0.05, 0) is 31.5 Å². The third kappa shape index (κ3) is 4.18. The monoisotopic (exact) mass is 311 g/mol. The molecule has 0 aliphatic carbocycles. The molecule has 1 aliphatic rings. The van der Waals surface area contributed by atoms with E-state index >= 15 is 0 Å². The molecule has 1 unspecified atom stereocenters. The van der Waals surface area contributed by atoms with Crippen LogP contribution >= 0.6 is 0 Å². The van der Waals surface area contributed by atoms with Crippen molar-refractivity contribution in [2.45, 2.75) is 37.1 Å². The minimum atomic E-state index is -3.44. The van der Waals surface area contributed by atoms with Gasteiger partial charge in [-0.25, -0.2) is 13.1 Å². The van der Waals surface area contributed by atoms with Crippen molar-refractivity contribution in [3.8, 4) is 0 Å². The van der Waals surface area contributed by atoms with Gasteiger partial charge in [-0.15, -0.1) is 0 Å². The van der Waals surface area contributed by atoms with Crippen LogP contribution in [0.2, 0.25) is 0 Å². The van der Waals surface area contributed by atoms with Crippen LogP contribution in [0.1, 0.15) is 26.2 Å². The summed E-state index contributed by atoms with van der Waals surface area (Å²) in [6.07, 6.45) is 3.61. The number of hydrogen-bond acceptors (Lipinski definition) is 4. The van der Waals surface area contributed by atoms with Gasteiger partial charge in [0.05, 0.1) is 5.69 Å². The van der Waals surface area contributed by atoms with Gasteiger partial charge in [0.1, 0.15) is 4.90 Å². The maximum absolute atomic E-state index is 12.3. The number of nitrogens with zero attached hydrogens (tertiary/aromatic N) is 1. The zero-order valence-corrected chi connectivity index (χ0v) is 13.6. The second-order valence-corrected chi connectivity index (χ2v) is 7.23. The molecule has 0 bridgehead atoms. The molecule has 5 nitrogen and oxygen atoms in total. The first kappa shape index (κ1) is 16.3. The lowest BCUT2D eigenvalue weighted by Crippen LogP contribution is -2.42. The number of likely N-dealkylation sites (N-methyl/N-ethyl adjacent to an activating group) is 1. The van der Waals surface area contributed by atoms with Crippen LogP contribution in [-0.4, -0.2) is 41.1 Å². The van der Waals surface area contributed by atoms with Gasteiger partial charge in [0.2, 0.25) is 10.0 Å². The molecule has 21 heavy (non-hydrogen) atoms. The highest BCUT2D eigenvalue weighted by molar-refractivity contribution is 7.89. The van der Waals surface area contributed by atoms with E-state index in [0.717, 1.165) is 25.2 Å². The number of benzene rings is 1. The lowest BCUT2D eigenvalue weighted by Gasteiger charge is -2.30. The molecule has 1 aliphatic heterocycles. The van der Waals surface area contributed by atoms with Crippen molar-refractivity contribution < 1.29 is 8.42 Å². The fourth-order valence-corrected chi connectivity index (χ4v) is 4.07. The van der Waals surface area contributed by atoms with Crippen molar-refractivity contribution in [3.05, 3.63) is 24.3 Å². The van der Waals surface area contributed by atoms with Crippen LogP contribution in [-0.2, 0) is 10.0 Å². The van der Waals surface area contributed by atoms with E-state index in [1.54, 1.807) is 19.1 Å². The van der Waals surface area contributed by atoms with E-state index in [4.69, 9.17) is 0 Å². The van der Waals surface area contributed by atoms with Gasteiger partial charge in [0, 0.05) is 26.2 Å². The summed E-state index contributed by atoms with van der Waals surface area (Å²) in [4.78, 5) is 2.39. The maximum Gasteiger partial charge on any atom is 0.242 e. The molecule has 0 saturated carbocycles. The summed E-state index contributed by atoms with van der Waals surface area (Å²) < 4.78 is 27.2. The van der Waals surface area contributed by atoms with Crippen molar-refractivity contribution in [3.63, 3.8) is 0 Å². The number of anilines is 1. The summed E-state index contributed by atoms with van der Waals surface area (Å²) in [5, 5.41) is 3.50. The Hall–Kier alpha value is -1.11. The smallest absolute Gasteiger partial charge is 0.242 e. The van der Waals surface area contributed by atoms with E-state index in [0.29, 0.717) is 17.5 Å². The molecular formula is C15H25N3O2S. The number of rotatable bonds is 6. The van der Waals surface area contributed by atoms with Crippen molar-refractivity contribution in [2.24, 2.45) is 0 Å². The summed E-state index contributed by atoms with van der Waals surface area (Å²) >= 11 is 0. The number of sulfonamides is 1. The highest BCUT2D eigenvalue weighted by atomic mass is 32.2. The molecule has 0 amide bonds. The molecule has 1 atom stereocenters. The molecular weight excluding hydrogens is 286 g/mol. The molecule has 1 aromatic carbocycles. The van der Waals surface area contributed by atoms with Gasteiger partial charge < -0.3 is 10.2 Å². The van der Waals surface area contributed by atoms with E-state index in [1.165, 1.54) is 12.8 Å². The second kappa shape index (κ2) is 7.24. The van der Waals surface area contributed by atoms with Crippen LogP contribution in [0.25, 0.3) is 0 Å². The normalized spacial score (nSPS) is 19.4. The molecule has 1 saturated heterocycles. The zero-order valence-electron chi connectivity index (χ0n) is 12.8. The largest absolute Gasteiger partial charge is 0.372 e. The predicted octanol–water partition coefficient (Wildman–Crippen LogP) is 1.56. The topological polar surface area (TPSA) is 61.4 Å². The highest BCUT2D eigenvalue weighted by Gasteiger charge is 2.21. The van der Waals surface area contributed by atoms with Crippen LogP contribution < -0.4 is 14.9 Å². The first-order valence-electron chi connectivity index (χ1n) is 7.58. The number of hydrogen-bond donors (Lipinski definition) is 2. The van der Waals surface area contributed by atoms with Crippen LogP contribution in [0.5, 0.6) is 0 Å². The Morgan fingerprint density at radius 1 is 1.33 bits per heavy atom. The molecule has 2 N–H and O–H groups in total. The number of nitrogens with one attached hydrogen (secondary N) is 2. The zero-order chi connectivity index (χ0) is 15.3. The predicted molar refractivity (Wildman–Crippen MR) is 86.2 cm³/mol. The molecule has 6 heteroatoms. The molecule has 0 aromatic heterocycles. The van der Waals surface area contributed by atoms with Gasteiger partial charge in [-0.3, -0.25) is 0 Å². The quantitative estimate of drug-likeness (QED) is 0.837. The fourth-order valence-electron chi connectivity index (χ4n) is 2.78. The summed E-state index contributed by atoms with van der Waals surface area (Å²) in [5.74, 6) is 0. The Morgan fingerprint density at radius 3 is 2.76 bits per heavy atom. The van der Waals surface area contributed by atoms with Gasteiger partial charge in [-0.2, -0.15) is 0 Å². The standard InChI is InChI=1S/C15H25N3O2S/c1-3-17-21(19,20)15-10-5-4-9-14(15)18(2)12-13-8-6-7-11-16-13/h4-5,9-10,13,16-17H,3,6-8,11-12H2,1-2H3. The molecule has 0 spiro atoms. The average Bonchev–Trinajstić information content (AvgIpc) is 2.48. The minimum absolute atomic E-state index is 0.352. The van der Waals surface area contributed by atoms with Crippen LogP contribution in [0.15, 0.2) is 29.2 Å². The number of piperidine rings is 1. The van der Waals surface area contributed by atoms with Crippen LogP contribution in [0.3, 0.4) is 0 Å². The first-order valence-corrected chi connectivity index (χ1v) is 9.06. The minimum Gasteiger partial charge on any atom is -0.372 e. The molecule has 1 heterocycles. The van der Waals surface area contributed by atoms with Crippen LogP contribution in [0.4, 0.5) is 5.69 Å². The van der Waals surface area contributed by atoms with Gasteiger partial charge >= 0.3 is 0 Å². The molecule has 0 radical (unpaired) electrons. The molecule has 118 valence electrons. The Balaban J connectivity index is 2.18. The Kier molecular flexibility index (Phi) is 5.61. The van der Waals surface area contributed by atoms with Crippen molar-refractivity contribution in [2.75, 3.05) is 31.6 Å². The van der Waals surface area contributed by atoms with E-state index < -0.39 is 10.0 Å². The maximum atomic E-state index is 12.3. The molecule has 1 fully saturated rings. The number of para-hydroxylation sites is 1. The highest BCUT2D eigenvalue weighted by Crippen LogP contribution is 2.24. The Labute approximate surface area is 127 Å². The third-order valence-corrected chi connectivity index (χ3v) is 5.40. The second-order valence-electron chi connectivity index (χ2n) is 5.50. The van der Waals surface area contributed by atoms with Gasteiger partial charge in [0.25, 0.3) is 0 Å². The molecule has 1 aromatic rings. The van der Waals surface area contributed by atoms with E-state index in [9.17, 15) is 8.42 Å². The third-order valence-electron chi connectivity index (χ3n) is 3.81. The lowest BCUT2D eigenvalue weighted by molar-refractivity contribution is 0.403. The molecule has 2 rings (SSSR count). The van der Waals surface area contributed by atoms with Gasteiger partial charge in [0.15, 0.2) is 0 Å². The van der Waals surface area contributed by atoms with E-state index in [1.807, 2.05) is 24.1 Å². The van der Waals surface area contributed by atoms with Crippen molar-refractivity contribution in [1.29, 1.82) is 0 Å². The fraction of sp³-hybridized carbons (Fsp3) is 0.600. The van der Waals surface area contributed by atoms with Crippen molar-refractivity contribution >= 4 is 15.7 Å².